The first-order valence-electron chi connectivity index (χ1n) is 6.83. The molecule has 1 aromatic heterocycles. The summed E-state index contributed by atoms with van der Waals surface area (Å²) < 4.78 is 10.9. The van der Waals surface area contributed by atoms with Crippen molar-refractivity contribution in [2.45, 2.75) is 20.1 Å². The van der Waals surface area contributed by atoms with Gasteiger partial charge in [0.15, 0.2) is 0 Å². The van der Waals surface area contributed by atoms with Crippen molar-refractivity contribution in [2.24, 2.45) is 0 Å². The van der Waals surface area contributed by atoms with Crippen molar-refractivity contribution in [3.8, 4) is 11.6 Å². The fraction of sp³-hybridized carbons (Fsp3) is 0.312. The predicted molar refractivity (Wildman–Crippen MR) is 84.0 cm³/mol. The molecule has 5 heteroatoms. The lowest BCUT2D eigenvalue weighted by atomic mass is 10.2. The second-order valence-corrected chi connectivity index (χ2v) is 4.94. The van der Waals surface area contributed by atoms with Crippen molar-refractivity contribution in [3.63, 3.8) is 0 Å². The number of hydrogen-bond donors (Lipinski definition) is 1. The van der Waals surface area contributed by atoms with Crippen LogP contribution in [0, 0.1) is 0 Å². The molecular weight excluding hydrogens is 288 g/mol. The van der Waals surface area contributed by atoms with Crippen LogP contribution >= 0.6 is 11.6 Å². The quantitative estimate of drug-likeness (QED) is 0.851. The number of aromatic nitrogens is 1. The molecule has 2 rings (SSSR count). The molecule has 0 saturated heterocycles. The number of pyridine rings is 1. The van der Waals surface area contributed by atoms with Gasteiger partial charge >= 0.3 is 0 Å². The van der Waals surface area contributed by atoms with Crippen LogP contribution in [0.2, 0.25) is 5.02 Å². The summed E-state index contributed by atoms with van der Waals surface area (Å²) in [4.78, 5) is 4.19. The standard InChI is InChI=1S/C16H19ClN2O2/c1-3-18-9-13-8-16(19-10-15(13)17)21-11-12-5-4-6-14(7-12)20-2/h4-8,10,18H,3,9,11H2,1-2H3. The molecule has 1 aromatic carbocycles. The number of nitrogens with zero attached hydrogens (tertiary/aromatic N) is 1. The van der Waals surface area contributed by atoms with Gasteiger partial charge in [0.05, 0.1) is 12.1 Å². The molecule has 1 heterocycles. The van der Waals surface area contributed by atoms with E-state index in [2.05, 4.69) is 17.2 Å². The Hall–Kier alpha value is -1.78. The maximum atomic E-state index is 6.11. The number of benzene rings is 1. The molecule has 0 aliphatic rings. The van der Waals surface area contributed by atoms with Gasteiger partial charge in [-0.2, -0.15) is 0 Å². The summed E-state index contributed by atoms with van der Waals surface area (Å²) >= 11 is 6.11. The Bertz CT molecular complexity index is 590. The summed E-state index contributed by atoms with van der Waals surface area (Å²) in [7, 11) is 1.65. The molecular formula is C16H19ClN2O2. The van der Waals surface area contributed by atoms with Crippen molar-refractivity contribution in [3.05, 3.63) is 52.7 Å². The van der Waals surface area contributed by atoms with Crippen molar-refractivity contribution < 1.29 is 9.47 Å². The molecule has 0 atom stereocenters. The summed E-state index contributed by atoms with van der Waals surface area (Å²) in [6.45, 7) is 4.08. The smallest absolute Gasteiger partial charge is 0.213 e. The minimum Gasteiger partial charge on any atom is -0.497 e. The maximum Gasteiger partial charge on any atom is 0.213 e. The zero-order chi connectivity index (χ0) is 15.1. The molecule has 1 N–H and O–H groups in total. The van der Waals surface area contributed by atoms with Crippen molar-refractivity contribution in [1.82, 2.24) is 10.3 Å². The zero-order valence-corrected chi connectivity index (χ0v) is 13.0. The van der Waals surface area contributed by atoms with E-state index in [1.54, 1.807) is 13.3 Å². The summed E-state index contributed by atoms with van der Waals surface area (Å²) in [5.41, 5.74) is 2.01. The van der Waals surface area contributed by atoms with Crippen LogP contribution in [-0.2, 0) is 13.2 Å². The van der Waals surface area contributed by atoms with Crippen LogP contribution < -0.4 is 14.8 Å². The second-order valence-electron chi connectivity index (χ2n) is 4.53. The first-order valence-corrected chi connectivity index (χ1v) is 7.21. The Balaban J connectivity index is 2.02. The number of ether oxygens (including phenoxy) is 2. The predicted octanol–water partition coefficient (Wildman–Crippen LogP) is 3.43. The van der Waals surface area contributed by atoms with E-state index in [0.717, 1.165) is 23.4 Å². The van der Waals surface area contributed by atoms with E-state index in [0.29, 0.717) is 24.1 Å². The van der Waals surface area contributed by atoms with Gasteiger partial charge in [-0.25, -0.2) is 4.98 Å². The molecule has 0 unspecified atom stereocenters. The van der Waals surface area contributed by atoms with E-state index in [-0.39, 0.29) is 0 Å². The van der Waals surface area contributed by atoms with E-state index < -0.39 is 0 Å². The van der Waals surface area contributed by atoms with Crippen molar-refractivity contribution >= 4 is 11.6 Å². The highest BCUT2D eigenvalue weighted by Gasteiger charge is 2.05. The maximum absolute atomic E-state index is 6.11. The molecule has 0 amide bonds. The molecule has 21 heavy (non-hydrogen) atoms. The highest BCUT2D eigenvalue weighted by atomic mass is 35.5. The molecule has 0 aliphatic heterocycles. The van der Waals surface area contributed by atoms with Crippen LogP contribution in [0.3, 0.4) is 0 Å². The highest BCUT2D eigenvalue weighted by Crippen LogP contribution is 2.20. The normalized spacial score (nSPS) is 10.4. The van der Waals surface area contributed by atoms with Crippen molar-refractivity contribution in [1.29, 1.82) is 0 Å². The van der Waals surface area contributed by atoms with Gasteiger partial charge in [-0.15, -0.1) is 0 Å². The van der Waals surface area contributed by atoms with Crippen LogP contribution in [0.4, 0.5) is 0 Å². The number of methoxy groups -OCH3 is 1. The highest BCUT2D eigenvalue weighted by molar-refractivity contribution is 6.31. The van der Waals surface area contributed by atoms with Crippen LogP contribution in [0.25, 0.3) is 0 Å². The van der Waals surface area contributed by atoms with Crippen LogP contribution in [0.15, 0.2) is 36.5 Å². The Morgan fingerprint density at radius 2 is 2.14 bits per heavy atom. The van der Waals surface area contributed by atoms with Gasteiger partial charge in [-0.1, -0.05) is 30.7 Å². The third-order valence-electron chi connectivity index (χ3n) is 3.00. The Labute approximate surface area is 130 Å². The largest absolute Gasteiger partial charge is 0.497 e. The van der Waals surface area contributed by atoms with E-state index in [1.807, 2.05) is 30.3 Å². The summed E-state index contributed by atoms with van der Waals surface area (Å²) in [6.07, 6.45) is 1.62. The minimum atomic E-state index is 0.437. The lowest BCUT2D eigenvalue weighted by molar-refractivity contribution is 0.292. The molecule has 0 saturated carbocycles. The van der Waals surface area contributed by atoms with Gasteiger partial charge < -0.3 is 14.8 Å². The Kier molecular flexibility index (Phi) is 5.84. The molecule has 0 fully saturated rings. The number of hydrogen-bond acceptors (Lipinski definition) is 4. The fourth-order valence-electron chi connectivity index (χ4n) is 1.85. The van der Waals surface area contributed by atoms with Gasteiger partial charge in [0, 0.05) is 18.8 Å². The van der Waals surface area contributed by atoms with Crippen LogP contribution in [0.5, 0.6) is 11.6 Å². The van der Waals surface area contributed by atoms with Gasteiger partial charge in [0.2, 0.25) is 5.88 Å². The Morgan fingerprint density at radius 1 is 1.29 bits per heavy atom. The average Bonchev–Trinajstić information content (AvgIpc) is 2.53. The summed E-state index contributed by atoms with van der Waals surface area (Å²) in [5, 5.41) is 3.88. The number of nitrogens with one attached hydrogen (secondary N) is 1. The molecule has 0 bridgehead atoms. The van der Waals surface area contributed by atoms with Gasteiger partial charge in [-0.05, 0) is 29.8 Å². The van der Waals surface area contributed by atoms with E-state index in [9.17, 15) is 0 Å². The SMILES string of the molecule is CCNCc1cc(OCc2cccc(OC)c2)ncc1Cl. The summed E-state index contributed by atoms with van der Waals surface area (Å²) in [6, 6.07) is 9.63. The lowest BCUT2D eigenvalue weighted by Gasteiger charge is -2.09. The average molecular weight is 307 g/mol. The first-order chi connectivity index (χ1) is 10.2. The third-order valence-corrected chi connectivity index (χ3v) is 3.34. The first kappa shape index (κ1) is 15.6. The van der Waals surface area contributed by atoms with Gasteiger partial charge in [-0.3, -0.25) is 0 Å². The second kappa shape index (κ2) is 7.86. The molecule has 0 spiro atoms. The number of halogens is 1. The lowest BCUT2D eigenvalue weighted by Crippen LogP contribution is -2.12. The molecule has 0 radical (unpaired) electrons. The van der Waals surface area contributed by atoms with E-state index in [4.69, 9.17) is 21.1 Å². The topological polar surface area (TPSA) is 43.4 Å². The van der Waals surface area contributed by atoms with Crippen LogP contribution in [0.1, 0.15) is 18.1 Å². The number of rotatable bonds is 7. The molecule has 4 nitrogen and oxygen atoms in total. The minimum absolute atomic E-state index is 0.437. The molecule has 2 aromatic rings. The zero-order valence-electron chi connectivity index (χ0n) is 12.2. The van der Waals surface area contributed by atoms with Gasteiger partial charge in [0.25, 0.3) is 0 Å². The van der Waals surface area contributed by atoms with Crippen LogP contribution in [-0.4, -0.2) is 18.6 Å². The van der Waals surface area contributed by atoms with E-state index in [1.165, 1.54) is 0 Å². The fourth-order valence-corrected chi connectivity index (χ4v) is 2.02. The van der Waals surface area contributed by atoms with Gasteiger partial charge in [0.1, 0.15) is 12.4 Å². The molecule has 112 valence electrons. The molecule has 0 aliphatic carbocycles. The van der Waals surface area contributed by atoms with Crippen molar-refractivity contribution in [2.75, 3.05) is 13.7 Å². The monoisotopic (exact) mass is 306 g/mol. The third kappa shape index (κ3) is 4.62. The van der Waals surface area contributed by atoms with E-state index >= 15 is 0 Å². The summed E-state index contributed by atoms with van der Waals surface area (Å²) in [5.74, 6) is 1.38. The Morgan fingerprint density at radius 3 is 2.90 bits per heavy atom.